The Balaban J connectivity index is 1.46. The van der Waals surface area contributed by atoms with Crippen molar-refractivity contribution in [3.05, 3.63) is 94.8 Å². The molecule has 0 aliphatic rings. The average Bonchev–Trinajstić information content (AvgIpc) is 2.84. The Hall–Kier alpha value is -4.20. The number of hydrogen-bond donors (Lipinski definition) is 2. The van der Waals surface area contributed by atoms with Gasteiger partial charge in [-0.05, 0) is 48.4 Å². The van der Waals surface area contributed by atoms with Crippen molar-refractivity contribution in [1.82, 2.24) is 10.7 Å². The number of carbonyl (C=O) groups excluding carboxylic acids is 2. The van der Waals surface area contributed by atoms with E-state index in [-0.39, 0.29) is 18.5 Å². The van der Waals surface area contributed by atoms with Gasteiger partial charge in [-0.15, -0.1) is 0 Å². The number of carbonyl (C=O) groups is 2. The summed E-state index contributed by atoms with van der Waals surface area (Å²) < 4.78 is 24.8. The molecule has 0 aliphatic carbocycles. The van der Waals surface area contributed by atoms with Gasteiger partial charge in [0.1, 0.15) is 12.4 Å². The van der Waals surface area contributed by atoms with E-state index in [1.54, 1.807) is 31.4 Å². The molecule has 0 unspecified atom stereocenters. The minimum Gasteiger partial charge on any atom is -0.493 e. The number of hydrazone groups is 1. The van der Waals surface area contributed by atoms with E-state index >= 15 is 0 Å². The largest absolute Gasteiger partial charge is 0.493 e. The molecule has 2 amide bonds. The highest BCUT2D eigenvalue weighted by Crippen LogP contribution is 2.28. The third-order valence-corrected chi connectivity index (χ3v) is 4.86. The molecule has 0 aromatic heterocycles. The van der Waals surface area contributed by atoms with Gasteiger partial charge in [0.05, 0.1) is 18.9 Å². The van der Waals surface area contributed by atoms with Crippen LogP contribution in [0, 0.1) is 12.7 Å². The molecule has 0 heterocycles. The summed E-state index contributed by atoms with van der Waals surface area (Å²) in [6.07, 6.45) is 1.47. The van der Waals surface area contributed by atoms with Gasteiger partial charge in [-0.2, -0.15) is 5.10 Å². The van der Waals surface area contributed by atoms with Crippen LogP contribution in [0.2, 0.25) is 0 Å². The fraction of sp³-hybridized carbons (Fsp3) is 0.192. The molecule has 0 bridgehead atoms. The molecule has 3 aromatic rings. The van der Waals surface area contributed by atoms with Crippen molar-refractivity contribution < 1.29 is 23.5 Å². The predicted octanol–water partition coefficient (Wildman–Crippen LogP) is 3.99. The topological polar surface area (TPSA) is 89.0 Å². The van der Waals surface area contributed by atoms with Gasteiger partial charge in [-0.1, -0.05) is 42.0 Å². The molecule has 3 aromatic carbocycles. The van der Waals surface area contributed by atoms with Crippen LogP contribution in [0.1, 0.15) is 33.5 Å². The van der Waals surface area contributed by atoms with Crippen LogP contribution in [0.3, 0.4) is 0 Å². The molecule has 0 saturated carbocycles. The van der Waals surface area contributed by atoms with E-state index in [2.05, 4.69) is 15.8 Å². The zero-order valence-corrected chi connectivity index (χ0v) is 19.0. The molecule has 0 aliphatic heterocycles. The van der Waals surface area contributed by atoms with Gasteiger partial charge in [-0.25, -0.2) is 9.82 Å². The Morgan fingerprint density at radius 2 is 1.79 bits per heavy atom. The predicted molar refractivity (Wildman–Crippen MR) is 128 cm³/mol. The molecular formula is C26H26FN3O4. The summed E-state index contributed by atoms with van der Waals surface area (Å²) in [6, 6.07) is 19.0. The molecule has 0 spiro atoms. The summed E-state index contributed by atoms with van der Waals surface area (Å²) in [5, 5.41) is 6.43. The number of ether oxygens (including phenoxy) is 2. The zero-order valence-electron chi connectivity index (χ0n) is 19.0. The molecule has 8 heteroatoms. The SMILES string of the molecule is COc1cc(C=NNC(=O)CCNC(=O)c2ccccc2F)ccc1OCc1ccc(C)cc1. The van der Waals surface area contributed by atoms with Gasteiger partial charge >= 0.3 is 0 Å². The maximum Gasteiger partial charge on any atom is 0.254 e. The quantitative estimate of drug-likeness (QED) is 0.352. The Kier molecular flexibility index (Phi) is 8.73. The van der Waals surface area contributed by atoms with Crippen molar-refractivity contribution in [1.29, 1.82) is 0 Å². The smallest absolute Gasteiger partial charge is 0.254 e. The second kappa shape index (κ2) is 12.2. The van der Waals surface area contributed by atoms with Crippen LogP contribution in [-0.2, 0) is 11.4 Å². The normalized spacial score (nSPS) is 10.7. The summed E-state index contributed by atoms with van der Waals surface area (Å²) in [4.78, 5) is 23.9. The molecule has 0 fully saturated rings. The van der Waals surface area contributed by atoms with Gasteiger partial charge in [0, 0.05) is 13.0 Å². The minimum absolute atomic E-state index is 0.00730. The molecule has 176 valence electrons. The van der Waals surface area contributed by atoms with Crippen LogP contribution in [0.15, 0.2) is 71.8 Å². The number of hydrogen-bond acceptors (Lipinski definition) is 5. The molecule has 2 N–H and O–H groups in total. The third-order valence-electron chi connectivity index (χ3n) is 4.86. The Labute approximate surface area is 197 Å². The van der Waals surface area contributed by atoms with Gasteiger partial charge in [0.25, 0.3) is 5.91 Å². The Bertz CT molecular complexity index is 1160. The average molecular weight is 464 g/mol. The maximum atomic E-state index is 13.6. The first-order chi connectivity index (χ1) is 16.5. The zero-order chi connectivity index (χ0) is 24.3. The summed E-state index contributed by atoms with van der Waals surface area (Å²) in [5.41, 5.74) is 5.26. The molecule has 0 saturated heterocycles. The fourth-order valence-corrected chi connectivity index (χ4v) is 2.99. The van der Waals surface area contributed by atoms with E-state index in [1.807, 2.05) is 31.2 Å². The van der Waals surface area contributed by atoms with E-state index in [9.17, 15) is 14.0 Å². The van der Waals surface area contributed by atoms with Crippen LogP contribution in [0.4, 0.5) is 4.39 Å². The first-order valence-corrected chi connectivity index (χ1v) is 10.7. The molecule has 0 atom stereocenters. The van der Waals surface area contributed by atoms with Crippen molar-refractivity contribution in [2.24, 2.45) is 5.10 Å². The lowest BCUT2D eigenvalue weighted by Crippen LogP contribution is -2.29. The lowest BCUT2D eigenvalue weighted by atomic mass is 10.2. The number of nitrogens with zero attached hydrogens (tertiary/aromatic N) is 1. The van der Waals surface area contributed by atoms with E-state index < -0.39 is 17.6 Å². The van der Waals surface area contributed by atoms with Gasteiger partial charge in [-0.3, -0.25) is 9.59 Å². The van der Waals surface area contributed by atoms with Crippen LogP contribution in [-0.4, -0.2) is 31.7 Å². The number of amides is 2. The summed E-state index contributed by atoms with van der Waals surface area (Å²) in [6.45, 7) is 2.49. The van der Waals surface area contributed by atoms with Crippen molar-refractivity contribution in [3.63, 3.8) is 0 Å². The van der Waals surface area contributed by atoms with Crippen molar-refractivity contribution in [2.75, 3.05) is 13.7 Å². The molecule has 7 nitrogen and oxygen atoms in total. The van der Waals surface area contributed by atoms with Crippen LogP contribution in [0.25, 0.3) is 0 Å². The number of nitrogens with one attached hydrogen (secondary N) is 2. The monoisotopic (exact) mass is 463 g/mol. The third kappa shape index (κ3) is 7.16. The molecule has 0 radical (unpaired) electrons. The second-order valence-corrected chi connectivity index (χ2v) is 7.46. The first-order valence-electron chi connectivity index (χ1n) is 10.7. The van der Waals surface area contributed by atoms with E-state index in [0.29, 0.717) is 23.7 Å². The first kappa shape index (κ1) is 24.4. The fourth-order valence-electron chi connectivity index (χ4n) is 2.99. The lowest BCUT2D eigenvalue weighted by molar-refractivity contribution is -0.120. The molecule has 34 heavy (non-hydrogen) atoms. The lowest BCUT2D eigenvalue weighted by Gasteiger charge is -2.11. The van der Waals surface area contributed by atoms with Gasteiger partial charge in [0.2, 0.25) is 5.91 Å². The van der Waals surface area contributed by atoms with E-state index in [1.165, 1.54) is 30.0 Å². The number of aryl methyl sites for hydroxylation is 1. The van der Waals surface area contributed by atoms with E-state index in [0.717, 1.165) is 5.56 Å². The number of rotatable bonds is 10. The van der Waals surface area contributed by atoms with Gasteiger partial charge < -0.3 is 14.8 Å². The highest BCUT2D eigenvalue weighted by molar-refractivity contribution is 5.94. The molecule has 3 rings (SSSR count). The van der Waals surface area contributed by atoms with Crippen LogP contribution >= 0.6 is 0 Å². The number of methoxy groups -OCH3 is 1. The van der Waals surface area contributed by atoms with Crippen molar-refractivity contribution in [2.45, 2.75) is 20.0 Å². The standard InChI is InChI=1S/C26H26FN3O4/c1-18-7-9-19(10-8-18)17-34-23-12-11-20(15-24(23)33-2)16-29-30-25(31)13-14-28-26(32)21-5-3-4-6-22(21)27/h3-12,15-16H,13-14,17H2,1-2H3,(H,28,32)(H,30,31). The summed E-state index contributed by atoms with van der Waals surface area (Å²) in [5.74, 6) is -0.453. The van der Waals surface area contributed by atoms with Crippen molar-refractivity contribution >= 4 is 18.0 Å². The van der Waals surface area contributed by atoms with Gasteiger partial charge in [0.15, 0.2) is 11.5 Å². The summed E-state index contributed by atoms with van der Waals surface area (Å²) in [7, 11) is 1.55. The summed E-state index contributed by atoms with van der Waals surface area (Å²) >= 11 is 0. The number of benzene rings is 3. The van der Waals surface area contributed by atoms with Crippen LogP contribution in [0.5, 0.6) is 11.5 Å². The maximum absolute atomic E-state index is 13.6. The minimum atomic E-state index is -0.615. The second-order valence-electron chi connectivity index (χ2n) is 7.46. The van der Waals surface area contributed by atoms with E-state index in [4.69, 9.17) is 9.47 Å². The Morgan fingerprint density at radius 3 is 2.53 bits per heavy atom. The highest BCUT2D eigenvalue weighted by Gasteiger charge is 2.11. The van der Waals surface area contributed by atoms with Crippen LogP contribution < -0.4 is 20.2 Å². The Morgan fingerprint density at radius 1 is 1.03 bits per heavy atom. The highest BCUT2D eigenvalue weighted by atomic mass is 19.1. The molecular weight excluding hydrogens is 437 g/mol. The van der Waals surface area contributed by atoms with Crippen molar-refractivity contribution in [3.8, 4) is 11.5 Å². The number of halogens is 1.